The second kappa shape index (κ2) is 11.0. The normalized spacial score (nSPS) is 20.5. The van der Waals surface area contributed by atoms with Gasteiger partial charge in [-0.05, 0) is 74.2 Å². The average molecular weight is 490 g/mol. The third-order valence-corrected chi connectivity index (χ3v) is 8.75. The Hall–Kier alpha value is -1.93. The van der Waals surface area contributed by atoms with Gasteiger partial charge in [0.2, 0.25) is 15.9 Å². The largest absolute Gasteiger partial charge is 0.352 e. The van der Waals surface area contributed by atoms with Crippen LogP contribution in [0.5, 0.6) is 0 Å². The molecule has 0 saturated carbocycles. The molecule has 0 bridgehead atoms. The van der Waals surface area contributed by atoms with Crippen molar-refractivity contribution in [3.05, 3.63) is 64.7 Å². The van der Waals surface area contributed by atoms with Crippen molar-refractivity contribution in [2.24, 2.45) is 5.92 Å². The maximum Gasteiger partial charge on any atom is 0.243 e. The Labute approximate surface area is 202 Å². The fourth-order valence-corrected chi connectivity index (χ4v) is 6.35. The zero-order chi connectivity index (χ0) is 23.3. The van der Waals surface area contributed by atoms with Gasteiger partial charge < -0.3 is 5.32 Å². The van der Waals surface area contributed by atoms with Crippen molar-refractivity contribution in [1.82, 2.24) is 14.5 Å². The van der Waals surface area contributed by atoms with E-state index in [-0.39, 0.29) is 23.3 Å². The highest BCUT2D eigenvalue weighted by atomic mass is 35.5. The molecular weight excluding hydrogens is 458 g/mol. The second-order valence-corrected chi connectivity index (χ2v) is 11.4. The molecule has 4 rings (SSSR count). The van der Waals surface area contributed by atoms with Crippen LogP contribution in [0.1, 0.15) is 43.2 Å². The van der Waals surface area contributed by atoms with Crippen LogP contribution in [0.3, 0.4) is 0 Å². The van der Waals surface area contributed by atoms with E-state index in [1.807, 2.05) is 12.1 Å². The highest BCUT2D eigenvalue weighted by Crippen LogP contribution is 2.25. The van der Waals surface area contributed by atoms with Crippen LogP contribution in [0.15, 0.2) is 53.4 Å². The first-order chi connectivity index (χ1) is 15.9. The summed E-state index contributed by atoms with van der Waals surface area (Å²) in [6, 6.07) is 14.4. The number of rotatable bonds is 7. The molecule has 2 aliphatic rings. The van der Waals surface area contributed by atoms with Gasteiger partial charge in [0, 0.05) is 31.2 Å². The van der Waals surface area contributed by atoms with E-state index in [1.54, 1.807) is 12.1 Å². The second-order valence-electron chi connectivity index (χ2n) is 8.98. The molecule has 1 N–H and O–H groups in total. The summed E-state index contributed by atoms with van der Waals surface area (Å²) in [5.74, 6) is -0.436. The first-order valence-corrected chi connectivity index (χ1v) is 13.6. The third-order valence-electron chi connectivity index (χ3n) is 6.62. The van der Waals surface area contributed by atoms with Gasteiger partial charge >= 0.3 is 0 Å². The topological polar surface area (TPSA) is 69.7 Å². The van der Waals surface area contributed by atoms with Gasteiger partial charge in [0.05, 0.1) is 10.8 Å². The lowest BCUT2D eigenvalue weighted by atomic mass is 9.98. The molecular formula is C25H32ClN3O3S. The van der Waals surface area contributed by atoms with Gasteiger partial charge in [-0.2, -0.15) is 4.31 Å². The van der Waals surface area contributed by atoms with Crippen LogP contribution in [0.4, 0.5) is 0 Å². The summed E-state index contributed by atoms with van der Waals surface area (Å²) in [7, 11) is -3.65. The van der Waals surface area contributed by atoms with Crippen LogP contribution in [-0.2, 0) is 27.9 Å². The van der Waals surface area contributed by atoms with E-state index in [9.17, 15) is 13.2 Å². The molecule has 33 heavy (non-hydrogen) atoms. The van der Waals surface area contributed by atoms with E-state index < -0.39 is 10.0 Å². The first-order valence-electron chi connectivity index (χ1n) is 11.8. The zero-order valence-corrected chi connectivity index (χ0v) is 20.5. The van der Waals surface area contributed by atoms with E-state index in [4.69, 9.17) is 11.6 Å². The van der Waals surface area contributed by atoms with Crippen molar-refractivity contribution in [2.45, 2.75) is 50.1 Å². The maximum atomic E-state index is 13.0. The molecule has 2 saturated heterocycles. The third kappa shape index (κ3) is 6.15. The van der Waals surface area contributed by atoms with Crippen LogP contribution in [-0.4, -0.2) is 49.7 Å². The highest BCUT2D eigenvalue weighted by molar-refractivity contribution is 7.89. The number of nitrogens with zero attached hydrogens (tertiary/aromatic N) is 2. The number of hydrogen-bond acceptors (Lipinski definition) is 4. The predicted molar refractivity (Wildman–Crippen MR) is 130 cm³/mol. The number of amides is 1. The number of hydrogen-bond donors (Lipinski definition) is 1. The van der Waals surface area contributed by atoms with Crippen LogP contribution in [0, 0.1) is 5.92 Å². The van der Waals surface area contributed by atoms with Gasteiger partial charge in [-0.3, -0.25) is 9.69 Å². The highest BCUT2D eigenvalue weighted by Gasteiger charge is 2.33. The lowest BCUT2D eigenvalue weighted by molar-refractivity contribution is -0.126. The van der Waals surface area contributed by atoms with Gasteiger partial charge in [-0.25, -0.2) is 8.42 Å². The van der Waals surface area contributed by atoms with E-state index >= 15 is 0 Å². The standard InChI is InChI=1S/C25H32ClN3O3S/c26-23-10-12-24(13-11-23)33(31,32)29-16-6-9-22(19-29)25(30)27-17-20-7-2-3-8-21(20)18-28-14-4-1-5-15-28/h2-3,7-8,10-13,22H,1,4-6,9,14-19H2,(H,27,30)/t22-/m0/s1. The molecule has 2 heterocycles. The van der Waals surface area contributed by atoms with Crippen LogP contribution in [0.2, 0.25) is 5.02 Å². The summed E-state index contributed by atoms with van der Waals surface area (Å²) in [6.07, 6.45) is 5.15. The Bertz CT molecular complexity index is 1050. The summed E-state index contributed by atoms with van der Waals surface area (Å²) < 4.78 is 27.5. The molecule has 2 aromatic carbocycles. The number of likely N-dealkylation sites (tertiary alicyclic amines) is 1. The Balaban J connectivity index is 1.37. The van der Waals surface area contributed by atoms with Gasteiger partial charge in [0.25, 0.3) is 0 Å². The number of piperidine rings is 2. The van der Waals surface area contributed by atoms with Crippen LogP contribution < -0.4 is 5.32 Å². The minimum absolute atomic E-state index is 0.0845. The minimum Gasteiger partial charge on any atom is -0.352 e. The fraction of sp³-hybridized carbons (Fsp3) is 0.480. The Kier molecular flexibility index (Phi) is 8.07. The van der Waals surface area contributed by atoms with Gasteiger partial charge in [0.15, 0.2) is 0 Å². The number of carbonyl (C=O) groups is 1. The number of sulfonamides is 1. The van der Waals surface area contributed by atoms with E-state index in [0.29, 0.717) is 31.0 Å². The Morgan fingerprint density at radius 3 is 2.36 bits per heavy atom. The van der Waals surface area contributed by atoms with Gasteiger partial charge in [-0.1, -0.05) is 42.3 Å². The van der Waals surface area contributed by atoms with E-state index in [2.05, 4.69) is 22.3 Å². The lowest BCUT2D eigenvalue weighted by Gasteiger charge is -2.31. The van der Waals surface area contributed by atoms with E-state index in [1.165, 1.54) is 41.3 Å². The monoisotopic (exact) mass is 489 g/mol. The van der Waals surface area contributed by atoms with E-state index in [0.717, 1.165) is 25.2 Å². The Morgan fingerprint density at radius 1 is 0.939 bits per heavy atom. The summed E-state index contributed by atoms with van der Waals surface area (Å²) in [6.45, 7) is 4.24. The maximum absolute atomic E-state index is 13.0. The number of carbonyl (C=O) groups excluding carboxylic acids is 1. The fourth-order valence-electron chi connectivity index (χ4n) is 4.70. The lowest BCUT2D eigenvalue weighted by Crippen LogP contribution is -2.45. The molecule has 1 atom stereocenters. The quantitative estimate of drug-likeness (QED) is 0.637. The van der Waals surface area contributed by atoms with Crippen molar-refractivity contribution >= 4 is 27.5 Å². The van der Waals surface area contributed by atoms with Crippen molar-refractivity contribution < 1.29 is 13.2 Å². The molecule has 6 nitrogen and oxygen atoms in total. The van der Waals surface area contributed by atoms with Crippen molar-refractivity contribution in [1.29, 1.82) is 0 Å². The SMILES string of the molecule is O=C(NCc1ccccc1CN1CCCCC1)[C@H]1CCCN(S(=O)(=O)c2ccc(Cl)cc2)C1. The zero-order valence-electron chi connectivity index (χ0n) is 18.9. The molecule has 0 aliphatic carbocycles. The minimum atomic E-state index is -3.65. The van der Waals surface area contributed by atoms with Crippen LogP contribution in [0.25, 0.3) is 0 Å². The number of nitrogens with one attached hydrogen (secondary N) is 1. The molecule has 8 heteroatoms. The molecule has 2 fully saturated rings. The average Bonchev–Trinajstić information content (AvgIpc) is 2.84. The van der Waals surface area contributed by atoms with Crippen molar-refractivity contribution in [3.63, 3.8) is 0 Å². The summed E-state index contributed by atoms with van der Waals surface area (Å²) >= 11 is 5.90. The van der Waals surface area contributed by atoms with Crippen molar-refractivity contribution in [2.75, 3.05) is 26.2 Å². The predicted octanol–water partition coefficient (Wildman–Crippen LogP) is 4.04. The molecule has 178 valence electrons. The smallest absolute Gasteiger partial charge is 0.243 e. The molecule has 2 aromatic rings. The molecule has 0 spiro atoms. The number of benzene rings is 2. The van der Waals surface area contributed by atoms with Gasteiger partial charge in [-0.15, -0.1) is 0 Å². The molecule has 0 aromatic heterocycles. The van der Waals surface area contributed by atoms with Gasteiger partial charge in [0.1, 0.15) is 0 Å². The summed E-state index contributed by atoms with van der Waals surface area (Å²) in [4.78, 5) is 15.7. The molecule has 2 aliphatic heterocycles. The van der Waals surface area contributed by atoms with Crippen LogP contribution >= 0.6 is 11.6 Å². The molecule has 1 amide bonds. The Morgan fingerprint density at radius 2 is 1.64 bits per heavy atom. The molecule has 0 radical (unpaired) electrons. The molecule has 0 unspecified atom stereocenters. The summed E-state index contributed by atoms with van der Waals surface area (Å²) in [5, 5.41) is 3.56. The first kappa shape index (κ1) is 24.2. The van der Waals surface area contributed by atoms with Crippen molar-refractivity contribution in [3.8, 4) is 0 Å². The summed E-state index contributed by atoms with van der Waals surface area (Å²) in [5.41, 5.74) is 2.37. The number of halogens is 1.